The van der Waals surface area contributed by atoms with Crippen LogP contribution in [0, 0.1) is 0 Å². The number of rotatable bonds is 3. The van der Waals surface area contributed by atoms with Crippen LogP contribution in [0.2, 0.25) is 0 Å². The average Bonchev–Trinajstić information content (AvgIpc) is 2.19. The van der Waals surface area contributed by atoms with Crippen molar-refractivity contribution in [3.8, 4) is 11.5 Å². The Morgan fingerprint density at radius 3 is 2.19 bits per heavy atom. The summed E-state index contributed by atoms with van der Waals surface area (Å²) in [6.07, 6.45) is -4.66. The van der Waals surface area contributed by atoms with E-state index >= 15 is 0 Å². The monoisotopic (exact) mass is 236 g/mol. The Morgan fingerprint density at radius 1 is 1.12 bits per heavy atom. The van der Waals surface area contributed by atoms with Gasteiger partial charge in [0.1, 0.15) is 11.5 Å². The minimum atomic E-state index is -4.66. The van der Waals surface area contributed by atoms with Crippen LogP contribution in [0.4, 0.5) is 13.2 Å². The number of hydrogen-bond donors (Lipinski definition) is 0. The molecule has 0 saturated heterocycles. The second-order valence-electron chi connectivity index (χ2n) is 2.46. The molecule has 0 N–H and O–H groups in total. The van der Waals surface area contributed by atoms with Gasteiger partial charge in [0.25, 0.3) is 0 Å². The standard InChI is InChI=1S/C9H9F3O2.C2H6/c1-2-13-7-4-3-5-8(6-7)14-9(10,11)12;1-2/h3-6H,2H2,1H3;1-2H3. The molecule has 0 aliphatic rings. The van der Waals surface area contributed by atoms with Crippen molar-refractivity contribution in [1.29, 1.82) is 0 Å². The fourth-order valence-corrected chi connectivity index (χ4v) is 0.928. The highest BCUT2D eigenvalue weighted by atomic mass is 19.4. The lowest BCUT2D eigenvalue weighted by molar-refractivity contribution is -0.274. The van der Waals surface area contributed by atoms with Crippen LogP contribution in [0.15, 0.2) is 24.3 Å². The van der Waals surface area contributed by atoms with Gasteiger partial charge in [-0.25, -0.2) is 0 Å². The zero-order valence-electron chi connectivity index (χ0n) is 9.47. The summed E-state index contributed by atoms with van der Waals surface area (Å²) in [7, 11) is 0. The Hall–Kier alpha value is -1.39. The third kappa shape index (κ3) is 6.16. The van der Waals surface area contributed by atoms with Gasteiger partial charge in [-0.1, -0.05) is 19.9 Å². The molecule has 1 aromatic carbocycles. The quantitative estimate of drug-likeness (QED) is 0.789. The molecule has 0 heterocycles. The van der Waals surface area contributed by atoms with E-state index in [1.165, 1.54) is 18.2 Å². The molecule has 0 radical (unpaired) electrons. The van der Waals surface area contributed by atoms with Gasteiger partial charge in [-0.05, 0) is 19.1 Å². The first-order valence-electron chi connectivity index (χ1n) is 5.00. The highest BCUT2D eigenvalue weighted by Gasteiger charge is 2.31. The summed E-state index contributed by atoms with van der Waals surface area (Å²) >= 11 is 0. The van der Waals surface area contributed by atoms with Gasteiger partial charge >= 0.3 is 6.36 Å². The molecule has 0 aliphatic carbocycles. The predicted molar refractivity (Wildman–Crippen MR) is 55.6 cm³/mol. The van der Waals surface area contributed by atoms with Crippen molar-refractivity contribution in [2.75, 3.05) is 6.61 Å². The van der Waals surface area contributed by atoms with Crippen molar-refractivity contribution in [2.24, 2.45) is 0 Å². The molecular formula is C11H15F3O2. The minimum absolute atomic E-state index is 0.275. The number of ether oxygens (including phenoxy) is 2. The molecule has 16 heavy (non-hydrogen) atoms. The Labute approximate surface area is 93.0 Å². The van der Waals surface area contributed by atoms with Crippen molar-refractivity contribution >= 4 is 0 Å². The van der Waals surface area contributed by atoms with Crippen molar-refractivity contribution in [1.82, 2.24) is 0 Å². The van der Waals surface area contributed by atoms with E-state index in [0.29, 0.717) is 12.4 Å². The van der Waals surface area contributed by atoms with E-state index in [2.05, 4.69) is 4.74 Å². The lowest BCUT2D eigenvalue weighted by atomic mass is 10.3. The third-order valence-corrected chi connectivity index (χ3v) is 1.35. The number of halogens is 3. The molecule has 0 aliphatic heterocycles. The summed E-state index contributed by atoms with van der Waals surface area (Å²) in [6.45, 7) is 6.15. The van der Waals surface area contributed by atoms with E-state index in [-0.39, 0.29) is 5.75 Å². The van der Waals surface area contributed by atoms with Crippen LogP contribution in [-0.4, -0.2) is 13.0 Å². The van der Waals surface area contributed by atoms with Crippen LogP contribution < -0.4 is 9.47 Å². The van der Waals surface area contributed by atoms with E-state index in [9.17, 15) is 13.2 Å². The summed E-state index contributed by atoms with van der Waals surface area (Å²) in [4.78, 5) is 0. The van der Waals surface area contributed by atoms with Crippen molar-refractivity contribution in [3.63, 3.8) is 0 Å². The summed E-state index contributed by atoms with van der Waals surface area (Å²) in [5.41, 5.74) is 0. The van der Waals surface area contributed by atoms with Crippen LogP contribution in [0.3, 0.4) is 0 Å². The molecule has 0 aromatic heterocycles. The van der Waals surface area contributed by atoms with Gasteiger partial charge in [-0.2, -0.15) is 0 Å². The summed E-state index contributed by atoms with van der Waals surface area (Å²) in [6, 6.07) is 5.41. The summed E-state index contributed by atoms with van der Waals surface area (Å²) < 4.78 is 44.1. The zero-order chi connectivity index (χ0) is 12.6. The third-order valence-electron chi connectivity index (χ3n) is 1.35. The Morgan fingerprint density at radius 2 is 1.69 bits per heavy atom. The van der Waals surface area contributed by atoms with Gasteiger partial charge in [0, 0.05) is 6.07 Å². The van der Waals surface area contributed by atoms with Crippen LogP contribution in [0.25, 0.3) is 0 Å². The van der Waals surface area contributed by atoms with Gasteiger partial charge < -0.3 is 9.47 Å². The highest BCUT2D eigenvalue weighted by molar-refractivity contribution is 5.32. The number of benzene rings is 1. The Balaban J connectivity index is 0.00000106. The van der Waals surface area contributed by atoms with Crippen LogP contribution in [-0.2, 0) is 0 Å². The SMILES string of the molecule is CC.CCOc1cccc(OC(F)(F)F)c1. The molecular weight excluding hydrogens is 221 g/mol. The fraction of sp³-hybridized carbons (Fsp3) is 0.455. The van der Waals surface area contributed by atoms with E-state index in [4.69, 9.17) is 4.74 Å². The lowest BCUT2D eigenvalue weighted by Gasteiger charge is -2.09. The lowest BCUT2D eigenvalue weighted by Crippen LogP contribution is -2.17. The fourth-order valence-electron chi connectivity index (χ4n) is 0.928. The average molecular weight is 236 g/mol. The highest BCUT2D eigenvalue weighted by Crippen LogP contribution is 2.25. The maximum atomic E-state index is 11.8. The molecule has 0 unspecified atom stereocenters. The summed E-state index contributed by atoms with van der Waals surface area (Å²) in [5, 5.41) is 0. The molecule has 0 bridgehead atoms. The van der Waals surface area contributed by atoms with Crippen LogP contribution in [0.1, 0.15) is 20.8 Å². The largest absolute Gasteiger partial charge is 0.573 e. The molecule has 0 spiro atoms. The summed E-state index contributed by atoms with van der Waals surface area (Å²) in [5.74, 6) is 0.0812. The van der Waals surface area contributed by atoms with Gasteiger partial charge in [-0.15, -0.1) is 13.2 Å². The van der Waals surface area contributed by atoms with E-state index < -0.39 is 6.36 Å². The molecule has 1 aromatic rings. The second-order valence-corrected chi connectivity index (χ2v) is 2.46. The first-order valence-corrected chi connectivity index (χ1v) is 5.00. The molecule has 92 valence electrons. The molecule has 0 atom stereocenters. The smallest absolute Gasteiger partial charge is 0.494 e. The van der Waals surface area contributed by atoms with Crippen molar-refractivity contribution in [3.05, 3.63) is 24.3 Å². The zero-order valence-corrected chi connectivity index (χ0v) is 9.47. The maximum absolute atomic E-state index is 11.8. The van der Waals surface area contributed by atoms with Crippen LogP contribution in [0.5, 0.6) is 11.5 Å². The van der Waals surface area contributed by atoms with Crippen LogP contribution >= 0.6 is 0 Å². The van der Waals surface area contributed by atoms with E-state index in [1.807, 2.05) is 13.8 Å². The Kier molecular flexibility index (Phi) is 6.37. The molecule has 5 heteroatoms. The van der Waals surface area contributed by atoms with Gasteiger partial charge in [-0.3, -0.25) is 0 Å². The number of alkyl halides is 3. The van der Waals surface area contributed by atoms with E-state index in [0.717, 1.165) is 0 Å². The van der Waals surface area contributed by atoms with E-state index in [1.54, 1.807) is 13.0 Å². The van der Waals surface area contributed by atoms with Gasteiger partial charge in [0.05, 0.1) is 6.61 Å². The molecule has 1 rings (SSSR count). The Bertz CT molecular complexity index is 298. The topological polar surface area (TPSA) is 18.5 Å². The molecule has 0 fully saturated rings. The van der Waals surface area contributed by atoms with Gasteiger partial charge in [0.15, 0.2) is 0 Å². The van der Waals surface area contributed by atoms with Crippen molar-refractivity contribution in [2.45, 2.75) is 27.1 Å². The first kappa shape index (κ1) is 14.6. The molecule has 0 amide bonds. The molecule has 2 nitrogen and oxygen atoms in total. The number of hydrogen-bond acceptors (Lipinski definition) is 2. The van der Waals surface area contributed by atoms with Crippen molar-refractivity contribution < 1.29 is 22.6 Å². The minimum Gasteiger partial charge on any atom is -0.494 e. The molecule has 0 saturated carbocycles. The predicted octanol–water partition coefficient (Wildman–Crippen LogP) is 4.01. The maximum Gasteiger partial charge on any atom is 0.573 e. The van der Waals surface area contributed by atoms with Gasteiger partial charge in [0.2, 0.25) is 0 Å². The normalized spacial score (nSPS) is 10.1. The second kappa shape index (κ2) is 6.98. The first-order chi connectivity index (χ1) is 7.51.